The van der Waals surface area contributed by atoms with E-state index in [9.17, 15) is 5.11 Å². The summed E-state index contributed by atoms with van der Waals surface area (Å²) in [5.74, 6) is 2.31. The molecule has 0 aliphatic carbocycles. The van der Waals surface area contributed by atoms with E-state index in [1.165, 1.54) is 0 Å². The summed E-state index contributed by atoms with van der Waals surface area (Å²) in [7, 11) is 4.89. The van der Waals surface area contributed by atoms with Crippen molar-refractivity contribution in [3.05, 3.63) is 89.5 Å². The lowest BCUT2D eigenvalue weighted by Crippen LogP contribution is -2.59. The van der Waals surface area contributed by atoms with E-state index in [2.05, 4.69) is 0 Å². The number of hydrogen-bond acceptors (Lipinski definition) is 8. The summed E-state index contributed by atoms with van der Waals surface area (Å²) in [5, 5.41) is 10.9. The SMILES string of the molecule is COc1ccc(COC2C(C)OC(O)C(OCc3ccc(OC)cc3)C2OCc2ccc(OC)cc2)cc1. The first kappa shape index (κ1) is 27.9. The van der Waals surface area contributed by atoms with Gasteiger partial charge in [-0.3, -0.25) is 0 Å². The molecule has 3 aromatic carbocycles. The molecule has 0 saturated carbocycles. The second-order valence-electron chi connectivity index (χ2n) is 9.10. The third-order valence-electron chi connectivity index (χ3n) is 6.55. The van der Waals surface area contributed by atoms with Crippen LogP contribution in [0.2, 0.25) is 0 Å². The van der Waals surface area contributed by atoms with Crippen molar-refractivity contribution in [1.82, 2.24) is 0 Å². The fourth-order valence-electron chi connectivity index (χ4n) is 4.33. The highest BCUT2D eigenvalue weighted by Crippen LogP contribution is 2.30. The smallest absolute Gasteiger partial charge is 0.184 e. The van der Waals surface area contributed by atoms with Gasteiger partial charge in [0.05, 0.1) is 47.3 Å². The van der Waals surface area contributed by atoms with Gasteiger partial charge < -0.3 is 38.3 Å². The minimum atomic E-state index is -1.18. The molecule has 1 aliphatic rings. The molecule has 38 heavy (non-hydrogen) atoms. The van der Waals surface area contributed by atoms with Gasteiger partial charge >= 0.3 is 0 Å². The zero-order valence-electron chi connectivity index (χ0n) is 22.2. The van der Waals surface area contributed by atoms with E-state index in [0.29, 0.717) is 13.2 Å². The molecule has 1 aliphatic heterocycles. The normalized spacial score (nSPS) is 23.1. The Kier molecular flexibility index (Phi) is 9.98. The van der Waals surface area contributed by atoms with E-state index in [0.717, 1.165) is 33.9 Å². The first-order valence-electron chi connectivity index (χ1n) is 12.6. The number of rotatable bonds is 12. The first-order valence-corrected chi connectivity index (χ1v) is 12.6. The average Bonchev–Trinajstić information content (AvgIpc) is 2.96. The van der Waals surface area contributed by atoms with Crippen molar-refractivity contribution in [3.63, 3.8) is 0 Å². The summed E-state index contributed by atoms with van der Waals surface area (Å²) in [5.41, 5.74) is 2.87. The van der Waals surface area contributed by atoms with Crippen molar-refractivity contribution in [2.24, 2.45) is 0 Å². The molecule has 3 aromatic rings. The molecule has 1 heterocycles. The second kappa shape index (κ2) is 13.6. The molecule has 204 valence electrons. The molecule has 0 aromatic heterocycles. The van der Waals surface area contributed by atoms with Crippen molar-refractivity contribution < 1.29 is 38.3 Å². The van der Waals surface area contributed by atoms with Gasteiger partial charge in [0.1, 0.15) is 35.6 Å². The minimum absolute atomic E-state index is 0.261. The van der Waals surface area contributed by atoms with Gasteiger partial charge in [0.2, 0.25) is 0 Å². The lowest BCUT2D eigenvalue weighted by atomic mass is 9.98. The largest absolute Gasteiger partial charge is 0.497 e. The first-order chi connectivity index (χ1) is 18.5. The molecule has 1 fully saturated rings. The van der Waals surface area contributed by atoms with Crippen LogP contribution in [0.25, 0.3) is 0 Å². The van der Waals surface area contributed by atoms with Gasteiger partial charge in [-0.1, -0.05) is 36.4 Å². The molecule has 4 rings (SSSR count). The zero-order chi connectivity index (χ0) is 26.9. The fourth-order valence-corrected chi connectivity index (χ4v) is 4.33. The highest BCUT2D eigenvalue weighted by Gasteiger charge is 2.46. The van der Waals surface area contributed by atoms with E-state index in [-0.39, 0.29) is 6.61 Å². The number of aliphatic hydroxyl groups is 1. The Hall–Kier alpha value is -3.14. The lowest BCUT2D eigenvalue weighted by molar-refractivity contribution is -0.308. The van der Waals surface area contributed by atoms with Crippen LogP contribution in [-0.2, 0) is 38.8 Å². The monoisotopic (exact) mass is 524 g/mol. The van der Waals surface area contributed by atoms with Crippen LogP contribution < -0.4 is 14.2 Å². The molecule has 0 radical (unpaired) electrons. The molecule has 8 nitrogen and oxygen atoms in total. The van der Waals surface area contributed by atoms with Crippen LogP contribution in [0.4, 0.5) is 0 Å². The maximum Gasteiger partial charge on any atom is 0.184 e. The Morgan fingerprint density at radius 2 is 0.895 bits per heavy atom. The molecule has 1 saturated heterocycles. The van der Waals surface area contributed by atoms with Gasteiger partial charge in [0, 0.05) is 0 Å². The summed E-state index contributed by atoms with van der Waals surface area (Å²) < 4.78 is 40.5. The van der Waals surface area contributed by atoms with Gasteiger partial charge in [-0.15, -0.1) is 0 Å². The standard InChI is InChI=1S/C30H36O8/c1-20-27(35-17-21-5-11-24(32-2)12-6-21)28(36-18-22-7-13-25(33-3)14-8-22)29(30(31)38-20)37-19-23-9-15-26(34-4)16-10-23/h5-16,20,27-31H,17-19H2,1-4H3. The van der Waals surface area contributed by atoms with Gasteiger partial charge in [-0.25, -0.2) is 0 Å². The van der Waals surface area contributed by atoms with Crippen molar-refractivity contribution >= 4 is 0 Å². The zero-order valence-corrected chi connectivity index (χ0v) is 22.2. The van der Waals surface area contributed by atoms with Crippen molar-refractivity contribution in [2.45, 2.75) is 57.5 Å². The number of hydrogen-bond donors (Lipinski definition) is 1. The predicted molar refractivity (Wildman–Crippen MR) is 141 cm³/mol. The molecule has 8 heteroatoms. The minimum Gasteiger partial charge on any atom is -0.497 e. The second-order valence-corrected chi connectivity index (χ2v) is 9.10. The summed E-state index contributed by atoms with van der Waals surface area (Å²) in [6.07, 6.45) is -3.45. The Balaban J connectivity index is 1.50. The van der Waals surface area contributed by atoms with Crippen molar-refractivity contribution in [2.75, 3.05) is 21.3 Å². The number of benzene rings is 3. The Bertz CT molecular complexity index is 1040. The van der Waals surface area contributed by atoms with E-state index >= 15 is 0 Å². The highest BCUT2D eigenvalue weighted by molar-refractivity contribution is 5.28. The molecule has 0 spiro atoms. The van der Waals surface area contributed by atoms with Crippen LogP contribution in [0.5, 0.6) is 17.2 Å². The number of ether oxygens (including phenoxy) is 7. The van der Waals surface area contributed by atoms with Crippen LogP contribution >= 0.6 is 0 Å². The van der Waals surface area contributed by atoms with Crippen molar-refractivity contribution in [3.8, 4) is 17.2 Å². The molecule has 0 bridgehead atoms. The number of methoxy groups -OCH3 is 3. The van der Waals surface area contributed by atoms with E-state index in [4.69, 9.17) is 33.2 Å². The summed E-state index contributed by atoms with van der Waals surface area (Å²) in [6, 6.07) is 22.9. The summed E-state index contributed by atoms with van der Waals surface area (Å²) >= 11 is 0. The van der Waals surface area contributed by atoms with Crippen LogP contribution in [0.15, 0.2) is 72.8 Å². The number of aliphatic hydroxyl groups excluding tert-OH is 1. The molecule has 5 unspecified atom stereocenters. The van der Waals surface area contributed by atoms with Crippen LogP contribution in [-0.4, -0.2) is 57.1 Å². The molecule has 5 atom stereocenters. The van der Waals surface area contributed by atoms with Crippen LogP contribution in [0.3, 0.4) is 0 Å². The molecule has 1 N–H and O–H groups in total. The van der Waals surface area contributed by atoms with Gasteiger partial charge in [-0.05, 0) is 60.0 Å². The van der Waals surface area contributed by atoms with E-state index in [1.807, 2.05) is 79.7 Å². The summed E-state index contributed by atoms with van der Waals surface area (Å²) in [6.45, 7) is 2.77. The lowest BCUT2D eigenvalue weighted by Gasteiger charge is -2.43. The third-order valence-corrected chi connectivity index (χ3v) is 6.55. The van der Waals surface area contributed by atoms with Gasteiger partial charge in [0.15, 0.2) is 6.29 Å². The van der Waals surface area contributed by atoms with E-state index in [1.54, 1.807) is 21.3 Å². The Morgan fingerprint density at radius 1 is 0.553 bits per heavy atom. The average molecular weight is 525 g/mol. The third kappa shape index (κ3) is 7.24. The van der Waals surface area contributed by atoms with Crippen LogP contribution in [0, 0.1) is 0 Å². The Morgan fingerprint density at radius 3 is 1.26 bits per heavy atom. The molecule has 0 amide bonds. The van der Waals surface area contributed by atoms with Crippen molar-refractivity contribution in [1.29, 1.82) is 0 Å². The van der Waals surface area contributed by atoms with E-state index < -0.39 is 30.7 Å². The predicted octanol–water partition coefficient (Wildman–Crippen LogP) is 4.51. The molecular formula is C30H36O8. The topological polar surface area (TPSA) is 84.8 Å². The maximum atomic E-state index is 10.9. The quantitative estimate of drug-likeness (QED) is 0.371. The Labute approximate surface area is 224 Å². The maximum absolute atomic E-state index is 10.9. The fraction of sp³-hybridized carbons (Fsp3) is 0.400. The molecular weight excluding hydrogens is 488 g/mol. The summed E-state index contributed by atoms with van der Waals surface area (Å²) in [4.78, 5) is 0. The van der Waals surface area contributed by atoms with Crippen LogP contribution in [0.1, 0.15) is 23.6 Å². The van der Waals surface area contributed by atoms with Gasteiger partial charge in [-0.2, -0.15) is 0 Å². The highest BCUT2D eigenvalue weighted by atomic mass is 16.7. The van der Waals surface area contributed by atoms with Gasteiger partial charge in [0.25, 0.3) is 0 Å².